The lowest BCUT2D eigenvalue weighted by molar-refractivity contribution is -0.140. The van der Waals surface area contributed by atoms with E-state index in [-0.39, 0.29) is 18.1 Å². The molecule has 1 amide bonds. The van der Waals surface area contributed by atoms with E-state index in [1.54, 1.807) is 23.1 Å². The van der Waals surface area contributed by atoms with E-state index in [1.165, 1.54) is 0 Å². The molecule has 4 nitrogen and oxygen atoms in total. The van der Waals surface area contributed by atoms with Gasteiger partial charge in [0.1, 0.15) is 0 Å². The summed E-state index contributed by atoms with van der Waals surface area (Å²) in [5.74, 6) is -0.698. The van der Waals surface area contributed by atoms with E-state index in [0.29, 0.717) is 12.1 Å². The number of hydrogen-bond acceptors (Lipinski definition) is 3. The first-order chi connectivity index (χ1) is 11.8. The smallest absolute Gasteiger partial charge is 0.338 e. The SMILES string of the molecule is CC(C)(C)N(Cc1ccccc1)C(=O)COC(=O)c1cccc(I)c1. The Labute approximate surface area is 162 Å². The van der Waals surface area contributed by atoms with Gasteiger partial charge in [-0.1, -0.05) is 36.4 Å². The monoisotopic (exact) mass is 451 g/mol. The molecule has 0 aromatic heterocycles. The van der Waals surface area contributed by atoms with Crippen LogP contribution in [0.3, 0.4) is 0 Å². The number of amides is 1. The number of nitrogens with zero attached hydrogens (tertiary/aromatic N) is 1. The second-order valence-corrected chi connectivity index (χ2v) is 7.97. The third kappa shape index (κ3) is 5.85. The van der Waals surface area contributed by atoms with Crippen LogP contribution in [-0.2, 0) is 16.1 Å². The highest BCUT2D eigenvalue weighted by atomic mass is 127. The zero-order valence-electron chi connectivity index (χ0n) is 14.7. The van der Waals surface area contributed by atoms with E-state index in [2.05, 4.69) is 22.6 Å². The molecule has 0 aliphatic carbocycles. The molecule has 0 N–H and O–H groups in total. The molecule has 0 saturated carbocycles. The molecule has 0 atom stereocenters. The van der Waals surface area contributed by atoms with E-state index < -0.39 is 5.97 Å². The largest absolute Gasteiger partial charge is 0.452 e. The van der Waals surface area contributed by atoms with Crippen LogP contribution in [-0.4, -0.2) is 28.9 Å². The quantitative estimate of drug-likeness (QED) is 0.504. The normalized spacial score (nSPS) is 11.0. The van der Waals surface area contributed by atoms with Crippen molar-refractivity contribution in [3.8, 4) is 0 Å². The first-order valence-corrected chi connectivity index (χ1v) is 9.12. The summed E-state index contributed by atoms with van der Waals surface area (Å²) in [5, 5.41) is 0. The fraction of sp³-hybridized carbons (Fsp3) is 0.300. The Morgan fingerprint density at radius 1 is 1.04 bits per heavy atom. The van der Waals surface area contributed by atoms with Crippen LogP contribution in [0, 0.1) is 3.57 Å². The summed E-state index contributed by atoms with van der Waals surface area (Å²) in [6.07, 6.45) is 0. The molecule has 2 aromatic carbocycles. The molecule has 0 heterocycles. The molecule has 5 heteroatoms. The molecular formula is C20H22INO3. The van der Waals surface area contributed by atoms with Crippen LogP contribution in [0.2, 0.25) is 0 Å². The third-order valence-electron chi connectivity index (χ3n) is 3.68. The minimum atomic E-state index is -0.486. The summed E-state index contributed by atoms with van der Waals surface area (Å²) in [6.45, 7) is 6.11. The summed E-state index contributed by atoms with van der Waals surface area (Å²) in [7, 11) is 0. The van der Waals surface area contributed by atoms with E-state index >= 15 is 0 Å². The first-order valence-electron chi connectivity index (χ1n) is 8.04. The second kappa shape index (κ2) is 8.47. The number of halogens is 1. The minimum Gasteiger partial charge on any atom is -0.452 e. The number of rotatable bonds is 5. The first kappa shape index (κ1) is 19.4. The molecule has 0 fully saturated rings. The third-order valence-corrected chi connectivity index (χ3v) is 4.35. The van der Waals surface area contributed by atoms with Crippen LogP contribution >= 0.6 is 22.6 Å². The van der Waals surface area contributed by atoms with Crippen molar-refractivity contribution in [1.82, 2.24) is 4.90 Å². The molecule has 2 rings (SSSR count). The summed E-state index contributed by atoms with van der Waals surface area (Å²) in [4.78, 5) is 26.5. The van der Waals surface area contributed by atoms with Crippen molar-refractivity contribution in [3.63, 3.8) is 0 Å². The zero-order valence-corrected chi connectivity index (χ0v) is 16.8. The Balaban J connectivity index is 2.03. The molecule has 132 valence electrons. The van der Waals surface area contributed by atoms with E-state index in [9.17, 15) is 9.59 Å². The van der Waals surface area contributed by atoms with Gasteiger partial charge in [0, 0.05) is 15.7 Å². The van der Waals surface area contributed by atoms with Gasteiger partial charge in [-0.25, -0.2) is 4.79 Å². The summed E-state index contributed by atoms with van der Waals surface area (Å²) in [5.41, 5.74) is 1.11. The van der Waals surface area contributed by atoms with Crippen molar-refractivity contribution < 1.29 is 14.3 Å². The Morgan fingerprint density at radius 2 is 1.72 bits per heavy atom. The average Bonchev–Trinajstić information content (AvgIpc) is 2.57. The predicted molar refractivity (Wildman–Crippen MR) is 106 cm³/mol. The van der Waals surface area contributed by atoms with Crippen molar-refractivity contribution in [2.24, 2.45) is 0 Å². The molecular weight excluding hydrogens is 429 g/mol. The molecule has 0 radical (unpaired) electrons. The van der Waals surface area contributed by atoms with Crippen molar-refractivity contribution in [3.05, 3.63) is 69.3 Å². The van der Waals surface area contributed by atoms with Gasteiger partial charge >= 0.3 is 5.97 Å². The maximum atomic E-state index is 12.6. The van der Waals surface area contributed by atoms with Gasteiger partial charge in [-0.3, -0.25) is 4.79 Å². The fourth-order valence-electron chi connectivity index (χ4n) is 2.37. The van der Waals surface area contributed by atoms with Gasteiger partial charge in [-0.15, -0.1) is 0 Å². The van der Waals surface area contributed by atoms with Crippen molar-refractivity contribution in [1.29, 1.82) is 0 Å². The molecule has 0 aliphatic heterocycles. The van der Waals surface area contributed by atoms with Gasteiger partial charge in [0.15, 0.2) is 6.61 Å². The highest BCUT2D eigenvalue weighted by Gasteiger charge is 2.27. The number of ether oxygens (including phenoxy) is 1. The second-order valence-electron chi connectivity index (χ2n) is 6.72. The lowest BCUT2D eigenvalue weighted by Gasteiger charge is -2.35. The molecule has 0 unspecified atom stereocenters. The summed E-state index contributed by atoms with van der Waals surface area (Å²) < 4.78 is 6.17. The number of benzene rings is 2. The number of carbonyl (C=O) groups is 2. The van der Waals surface area contributed by atoms with Crippen LogP contribution in [0.15, 0.2) is 54.6 Å². The van der Waals surface area contributed by atoms with Crippen molar-refractivity contribution in [2.75, 3.05) is 6.61 Å². The molecule has 0 bridgehead atoms. The fourth-order valence-corrected chi connectivity index (χ4v) is 2.91. The van der Waals surface area contributed by atoms with Crippen molar-refractivity contribution >= 4 is 34.5 Å². The minimum absolute atomic E-state index is 0.213. The summed E-state index contributed by atoms with van der Waals surface area (Å²) in [6, 6.07) is 16.9. The van der Waals surface area contributed by atoms with Gasteiger partial charge in [0.05, 0.1) is 5.56 Å². The highest BCUT2D eigenvalue weighted by molar-refractivity contribution is 14.1. The highest BCUT2D eigenvalue weighted by Crippen LogP contribution is 2.18. The van der Waals surface area contributed by atoms with E-state index in [1.807, 2.05) is 57.2 Å². The number of esters is 1. The molecule has 0 saturated heterocycles. The zero-order chi connectivity index (χ0) is 18.4. The van der Waals surface area contributed by atoms with Crippen LogP contribution in [0.5, 0.6) is 0 Å². The maximum Gasteiger partial charge on any atom is 0.338 e. The van der Waals surface area contributed by atoms with Crippen LogP contribution in [0.1, 0.15) is 36.7 Å². The van der Waals surface area contributed by atoms with E-state index in [0.717, 1.165) is 9.13 Å². The topological polar surface area (TPSA) is 46.6 Å². The van der Waals surface area contributed by atoms with Crippen LogP contribution < -0.4 is 0 Å². The predicted octanol–water partition coefficient (Wildman–Crippen LogP) is 4.28. The van der Waals surface area contributed by atoms with Crippen molar-refractivity contribution in [2.45, 2.75) is 32.9 Å². The Morgan fingerprint density at radius 3 is 2.32 bits per heavy atom. The van der Waals surface area contributed by atoms with Gasteiger partial charge in [0.2, 0.25) is 0 Å². The lowest BCUT2D eigenvalue weighted by atomic mass is 10.0. The average molecular weight is 451 g/mol. The molecule has 0 spiro atoms. The Kier molecular flexibility index (Phi) is 6.58. The molecule has 25 heavy (non-hydrogen) atoms. The standard InChI is InChI=1S/C20H22INO3/c1-20(2,3)22(13-15-8-5-4-6-9-15)18(23)14-25-19(24)16-10-7-11-17(21)12-16/h4-12H,13-14H2,1-3H3. The maximum absolute atomic E-state index is 12.6. The number of hydrogen-bond donors (Lipinski definition) is 0. The van der Waals surface area contributed by atoms with Crippen LogP contribution in [0.25, 0.3) is 0 Å². The molecule has 0 aliphatic rings. The lowest BCUT2D eigenvalue weighted by Crippen LogP contribution is -2.46. The van der Waals surface area contributed by atoms with E-state index in [4.69, 9.17) is 4.74 Å². The van der Waals surface area contributed by atoms with Crippen LogP contribution in [0.4, 0.5) is 0 Å². The number of carbonyl (C=O) groups excluding carboxylic acids is 2. The van der Waals surface area contributed by atoms with Gasteiger partial charge in [0.25, 0.3) is 5.91 Å². The Bertz CT molecular complexity index is 738. The molecule has 2 aromatic rings. The van der Waals surface area contributed by atoms with Gasteiger partial charge in [-0.2, -0.15) is 0 Å². The Hall–Kier alpha value is -1.89. The van der Waals surface area contributed by atoms with Gasteiger partial charge < -0.3 is 9.64 Å². The summed E-state index contributed by atoms with van der Waals surface area (Å²) >= 11 is 2.13. The van der Waals surface area contributed by atoms with Gasteiger partial charge in [-0.05, 0) is 67.1 Å².